The molecule has 1 aliphatic heterocycles. The van der Waals surface area contributed by atoms with E-state index >= 15 is 0 Å². The van der Waals surface area contributed by atoms with Crippen molar-refractivity contribution in [3.63, 3.8) is 0 Å². The number of ether oxygens (including phenoxy) is 2. The van der Waals surface area contributed by atoms with Crippen LogP contribution in [0.4, 0.5) is 5.82 Å². The highest BCUT2D eigenvalue weighted by Gasteiger charge is 2.25. The van der Waals surface area contributed by atoms with E-state index in [1.165, 1.54) is 6.42 Å². The van der Waals surface area contributed by atoms with Gasteiger partial charge in [0.05, 0.1) is 14.2 Å². The second-order valence-corrected chi connectivity index (χ2v) is 6.25. The van der Waals surface area contributed by atoms with Crippen molar-refractivity contribution in [1.82, 2.24) is 9.97 Å². The summed E-state index contributed by atoms with van der Waals surface area (Å²) in [6.07, 6.45) is 2.89. The fourth-order valence-electron chi connectivity index (χ4n) is 3.52. The number of aromatic nitrogens is 2. The number of methoxy groups -OCH3 is 2. The van der Waals surface area contributed by atoms with Gasteiger partial charge in [-0.05, 0) is 30.4 Å². The molecule has 2 atom stereocenters. The smallest absolute Gasteiger partial charge is 0.187 e. The highest BCUT2D eigenvalue weighted by atomic mass is 16.5. The molecule has 0 aliphatic carbocycles. The molecule has 1 aromatic heterocycles. The molecule has 0 amide bonds. The van der Waals surface area contributed by atoms with Gasteiger partial charge in [-0.1, -0.05) is 13.8 Å². The van der Waals surface area contributed by atoms with Gasteiger partial charge in [0.1, 0.15) is 17.7 Å². The molecular weight excluding hydrogens is 278 g/mol. The van der Waals surface area contributed by atoms with Crippen LogP contribution in [0.15, 0.2) is 18.5 Å². The van der Waals surface area contributed by atoms with Gasteiger partial charge in [0.25, 0.3) is 0 Å². The zero-order valence-corrected chi connectivity index (χ0v) is 13.7. The predicted octanol–water partition coefficient (Wildman–Crippen LogP) is 3.13. The number of hydrogen-bond donors (Lipinski definition) is 0. The molecule has 3 rings (SSSR count). The van der Waals surface area contributed by atoms with E-state index in [-0.39, 0.29) is 0 Å². The minimum atomic E-state index is 0.668. The van der Waals surface area contributed by atoms with Gasteiger partial charge in [-0.25, -0.2) is 9.97 Å². The molecule has 5 nitrogen and oxygen atoms in total. The van der Waals surface area contributed by atoms with Gasteiger partial charge < -0.3 is 14.4 Å². The van der Waals surface area contributed by atoms with Crippen LogP contribution in [0.3, 0.4) is 0 Å². The van der Waals surface area contributed by atoms with Crippen molar-refractivity contribution in [1.29, 1.82) is 0 Å². The van der Waals surface area contributed by atoms with Crippen LogP contribution >= 0.6 is 0 Å². The molecule has 0 bridgehead atoms. The summed E-state index contributed by atoms with van der Waals surface area (Å²) in [7, 11) is 3.28. The van der Waals surface area contributed by atoms with Crippen molar-refractivity contribution in [2.24, 2.45) is 11.8 Å². The Labute approximate surface area is 131 Å². The molecule has 0 unspecified atom stereocenters. The minimum absolute atomic E-state index is 0.668. The highest BCUT2D eigenvalue weighted by molar-refractivity contribution is 5.95. The fourth-order valence-corrected chi connectivity index (χ4v) is 3.52. The van der Waals surface area contributed by atoms with E-state index in [0.717, 1.165) is 29.8 Å². The largest absolute Gasteiger partial charge is 0.493 e. The molecule has 0 spiro atoms. The SMILES string of the molecule is COc1ccc2c(N3C[C@H](C)C[C@H](C)C3)ncnc2c1OC. The Morgan fingerprint density at radius 2 is 1.77 bits per heavy atom. The number of rotatable bonds is 3. The predicted molar refractivity (Wildman–Crippen MR) is 87.8 cm³/mol. The quantitative estimate of drug-likeness (QED) is 0.871. The van der Waals surface area contributed by atoms with Gasteiger partial charge in [0.15, 0.2) is 11.5 Å². The molecule has 1 aromatic carbocycles. The molecule has 22 heavy (non-hydrogen) atoms. The second-order valence-electron chi connectivity index (χ2n) is 6.25. The zero-order chi connectivity index (χ0) is 15.7. The van der Waals surface area contributed by atoms with Crippen LogP contribution < -0.4 is 14.4 Å². The summed E-state index contributed by atoms with van der Waals surface area (Å²) in [5, 5.41) is 1.02. The van der Waals surface area contributed by atoms with E-state index in [0.29, 0.717) is 23.3 Å². The van der Waals surface area contributed by atoms with Crippen LogP contribution in [0.5, 0.6) is 11.5 Å². The summed E-state index contributed by atoms with van der Waals surface area (Å²) >= 11 is 0. The highest BCUT2D eigenvalue weighted by Crippen LogP contribution is 2.38. The molecule has 0 saturated carbocycles. The summed E-state index contributed by atoms with van der Waals surface area (Å²) in [4.78, 5) is 11.3. The Kier molecular flexibility index (Phi) is 4.05. The van der Waals surface area contributed by atoms with Crippen molar-refractivity contribution in [2.75, 3.05) is 32.2 Å². The molecule has 0 radical (unpaired) electrons. The summed E-state index contributed by atoms with van der Waals surface area (Å²) in [5.41, 5.74) is 0.803. The lowest BCUT2D eigenvalue weighted by molar-refractivity contribution is 0.355. The van der Waals surface area contributed by atoms with E-state index < -0.39 is 0 Å². The minimum Gasteiger partial charge on any atom is -0.493 e. The van der Waals surface area contributed by atoms with Gasteiger partial charge >= 0.3 is 0 Å². The van der Waals surface area contributed by atoms with Crippen LogP contribution in [-0.2, 0) is 0 Å². The van der Waals surface area contributed by atoms with Gasteiger partial charge in [-0.15, -0.1) is 0 Å². The van der Waals surface area contributed by atoms with Crippen molar-refractivity contribution in [3.8, 4) is 11.5 Å². The van der Waals surface area contributed by atoms with E-state index in [2.05, 4.69) is 28.7 Å². The van der Waals surface area contributed by atoms with E-state index in [4.69, 9.17) is 9.47 Å². The van der Waals surface area contributed by atoms with Crippen molar-refractivity contribution in [2.45, 2.75) is 20.3 Å². The van der Waals surface area contributed by atoms with Crippen LogP contribution in [0.25, 0.3) is 10.9 Å². The van der Waals surface area contributed by atoms with Gasteiger partial charge in [-0.3, -0.25) is 0 Å². The monoisotopic (exact) mass is 301 g/mol. The van der Waals surface area contributed by atoms with E-state index in [9.17, 15) is 0 Å². The van der Waals surface area contributed by atoms with Gasteiger partial charge in [0, 0.05) is 18.5 Å². The Balaban J connectivity index is 2.11. The second kappa shape index (κ2) is 5.99. The number of hydrogen-bond acceptors (Lipinski definition) is 5. The average Bonchev–Trinajstić information content (AvgIpc) is 2.52. The first kappa shape index (κ1) is 14.9. The fraction of sp³-hybridized carbons (Fsp3) is 0.529. The Hall–Kier alpha value is -2.04. The third kappa shape index (κ3) is 2.56. The van der Waals surface area contributed by atoms with Crippen molar-refractivity contribution < 1.29 is 9.47 Å². The summed E-state index contributed by atoms with van der Waals surface area (Å²) < 4.78 is 10.9. The zero-order valence-electron chi connectivity index (χ0n) is 13.7. The molecule has 118 valence electrons. The van der Waals surface area contributed by atoms with Crippen LogP contribution in [0, 0.1) is 11.8 Å². The van der Waals surface area contributed by atoms with Crippen molar-refractivity contribution in [3.05, 3.63) is 18.5 Å². The first-order valence-corrected chi connectivity index (χ1v) is 7.74. The van der Waals surface area contributed by atoms with Gasteiger partial charge in [0.2, 0.25) is 0 Å². The van der Waals surface area contributed by atoms with Crippen molar-refractivity contribution >= 4 is 16.7 Å². The van der Waals surface area contributed by atoms with Crippen LogP contribution in [-0.4, -0.2) is 37.3 Å². The Morgan fingerprint density at radius 1 is 1.05 bits per heavy atom. The maximum absolute atomic E-state index is 5.50. The number of nitrogens with zero attached hydrogens (tertiary/aromatic N) is 3. The summed E-state index contributed by atoms with van der Waals surface area (Å²) in [6.45, 7) is 6.67. The molecule has 1 saturated heterocycles. The molecule has 0 N–H and O–H groups in total. The van der Waals surface area contributed by atoms with Gasteiger partial charge in [-0.2, -0.15) is 0 Å². The lowest BCUT2D eigenvalue weighted by Crippen LogP contribution is -2.39. The Bertz CT molecular complexity index is 664. The number of piperidine rings is 1. The normalized spacial score (nSPS) is 21.9. The molecule has 1 fully saturated rings. The maximum Gasteiger partial charge on any atom is 0.187 e. The lowest BCUT2D eigenvalue weighted by atomic mass is 9.92. The molecule has 1 aliphatic rings. The summed E-state index contributed by atoms with van der Waals surface area (Å²) in [6, 6.07) is 3.95. The standard InChI is InChI=1S/C17H23N3O2/c1-11-7-12(2)9-20(8-11)17-13-5-6-14(21-3)16(22-4)15(13)18-10-19-17/h5-6,10-12H,7-9H2,1-4H3/t11-,12+. The van der Waals surface area contributed by atoms with Crippen LogP contribution in [0.2, 0.25) is 0 Å². The molecular formula is C17H23N3O2. The number of fused-ring (bicyclic) bond motifs is 1. The Morgan fingerprint density at radius 3 is 2.41 bits per heavy atom. The molecule has 2 aromatic rings. The third-order valence-electron chi connectivity index (χ3n) is 4.30. The number of benzene rings is 1. The summed E-state index contributed by atoms with van der Waals surface area (Å²) in [5.74, 6) is 3.70. The van der Waals surface area contributed by atoms with E-state index in [1.54, 1.807) is 20.5 Å². The maximum atomic E-state index is 5.50. The number of anilines is 1. The molecule has 5 heteroatoms. The van der Waals surface area contributed by atoms with Crippen LogP contribution in [0.1, 0.15) is 20.3 Å². The lowest BCUT2D eigenvalue weighted by Gasteiger charge is -2.36. The topological polar surface area (TPSA) is 47.5 Å². The first-order chi connectivity index (χ1) is 10.6. The average molecular weight is 301 g/mol. The molecule has 2 heterocycles. The van der Waals surface area contributed by atoms with E-state index in [1.807, 2.05) is 12.1 Å². The third-order valence-corrected chi connectivity index (χ3v) is 4.30. The first-order valence-electron chi connectivity index (χ1n) is 7.74.